The number of nitrogens with zero attached hydrogens (tertiary/aromatic N) is 3. The Bertz CT molecular complexity index is 362. The Hall–Kier alpha value is -1.84. The van der Waals surface area contributed by atoms with Crippen molar-refractivity contribution in [3.8, 4) is 0 Å². The molecule has 0 aliphatic carbocycles. The van der Waals surface area contributed by atoms with E-state index in [0.717, 1.165) is 5.01 Å². The van der Waals surface area contributed by atoms with E-state index in [1.54, 1.807) is 0 Å². The van der Waals surface area contributed by atoms with E-state index in [-0.39, 0.29) is 23.0 Å². The molecule has 0 aliphatic heterocycles. The third-order valence-electron chi connectivity index (χ3n) is 1.71. The van der Waals surface area contributed by atoms with Crippen LogP contribution in [0, 0.1) is 0 Å². The monoisotopic (exact) mass is 216 g/mol. The number of hydrogen-bond donors (Lipinski definition) is 5. The number of nitrogen functional groups attached to an aromatic ring is 1. The number of rotatable bonds is 4. The van der Waals surface area contributed by atoms with E-state index in [0.29, 0.717) is 0 Å². The van der Waals surface area contributed by atoms with Crippen LogP contribution in [0.25, 0.3) is 0 Å². The average Bonchev–Trinajstić information content (AvgIpc) is 2.65. The maximum atomic E-state index is 9.00. The fourth-order valence-corrected chi connectivity index (χ4v) is 0.910. The molecule has 84 valence electrons. The van der Waals surface area contributed by atoms with Gasteiger partial charge in [0.05, 0.1) is 24.6 Å². The maximum Gasteiger partial charge on any atom is 0.236 e. The summed E-state index contributed by atoms with van der Waals surface area (Å²) in [4.78, 5) is 0. The zero-order valence-electron chi connectivity index (χ0n) is 7.79. The predicted octanol–water partition coefficient (Wildman–Crippen LogP) is -2.51. The van der Waals surface area contributed by atoms with Gasteiger partial charge in [-0.1, -0.05) is 0 Å². The van der Waals surface area contributed by atoms with Crippen molar-refractivity contribution in [2.75, 3.05) is 24.0 Å². The Morgan fingerprint density at radius 2 is 2.00 bits per heavy atom. The molecular weight excluding hydrogens is 204 g/mol. The fraction of sp³-hybridized carbons (Fsp3) is 0.333. The number of nitrogens with two attached hydrogens (primary N) is 3. The molecule has 0 bridgehead atoms. The standard InChI is InChI=1S/C6H12N6O3/c7-3(1-13)4(2-14)12(9)6-5(8)10-15-11-6/h13-14H,1-2,7,9H2,(H2,8,10)/b4-3-. The first-order valence-electron chi connectivity index (χ1n) is 3.93. The zero-order valence-corrected chi connectivity index (χ0v) is 7.79. The lowest BCUT2D eigenvalue weighted by Gasteiger charge is -2.18. The van der Waals surface area contributed by atoms with Gasteiger partial charge in [-0.3, -0.25) is 5.01 Å². The summed E-state index contributed by atoms with van der Waals surface area (Å²) < 4.78 is 4.32. The van der Waals surface area contributed by atoms with Crippen LogP contribution in [0.15, 0.2) is 16.0 Å². The minimum Gasteiger partial charge on any atom is -0.399 e. The normalized spacial score (nSPS) is 12.5. The quantitative estimate of drug-likeness (QED) is 0.270. The topological polar surface area (TPSA) is 161 Å². The molecule has 1 aromatic rings. The molecule has 15 heavy (non-hydrogen) atoms. The van der Waals surface area contributed by atoms with Crippen LogP contribution in [-0.2, 0) is 0 Å². The van der Waals surface area contributed by atoms with Gasteiger partial charge in [-0.05, 0) is 10.3 Å². The Kier molecular flexibility index (Phi) is 3.44. The smallest absolute Gasteiger partial charge is 0.236 e. The van der Waals surface area contributed by atoms with E-state index in [4.69, 9.17) is 27.5 Å². The summed E-state index contributed by atoms with van der Waals surface area (Å²) in [5.74, 6) is 5.52. The zero-order chi connectivity index (χ0) is 11.4. The summed E-state index contributed by atoms with van der Waals surface area (Å²) in [6, 6.07) is 0. The highest BCUT2D eigenvalue weighted by Gasteiger charge is 2.17. The van der Waals surface area contributed by atoms with Crippen LogP contribution in [-0.4, -0.2) is 33.7 Å². The van der Waals surface area contributed by atoms with Crippen molar-refractivity contribution in [1.29, 1.82) is 0 Å². The van der Waals surface area contributed by atoms with Crippen LogP contribution in [0.3, 0.4) is 0 Å². The summed E-state index contributed by atoms with van der Waals surface area (Å²) in [6.45, 7) is -0.927. The number of aliphatic hydroxyl groups is 2. The molecule has 0 saturated heterocycles. The van der Waals surface area contributed by atoms with Crippen molar-refractivity contribution in [3.63, 3.8) is 0 Å². The second-order valence-electron chi connectivity index (χ2n) is 2.63. The summed E-state index contributed by atoms with van der Waals surface area (Å²) in [7, 11) is 0. The lowest BCUT2D eigenvalue weighted by molar-refractivity contribution is 0.301. The predicted molar refractivity (Wildman–Crippen MR) is 50.8 cm³/mol. The van der Waals surface area contributed by atoms with Gasteiger partial charge in [0.15, 0.2) is 0 Å². The lowest BCUT2D eigenvalue weighted by Crippen LogP contribution is -2.35. The number of hydrazine groups is 1. The fourth-order valence-electron chi connectivity index (χ4n) is 0.910. The van der Waals surface area contributed by atoms with Gasteiger partial charge in [-0.15, -0.1) is 0 Å². The SMILES string of the molecule is N/C(CO)=C(/CO)N(N)c1nonc1N. The molecule has 0 unspecified atom stereocenters. The van der Waals surface area contributed by atoms with Crippen molar-refractivity contribution >= 4 is 11.6 Å². The molecule has 0 aliphatic rings. The highest BCUT2D eigenvalue weighted by atomic mass is 16.6. The molecule has 8 N–H and O–H groups in total. The highest BCUT2D eigenvalue weighted by Crippen LogP contribution is 2.18. The van der Waals surface area contributed by atoms with Crippen LogP contribution in [0.2, 0.25) is 0 Å². The van der Waals surface area contributed by atoms with Gasteiger partial charge in [0.2, 0.25) is 11.6 Å². The molecule has 1 heterocycles. The molecule has 1 aromatic heterocycles. The number of anilines is 2. The third kappa shape index (κ3) is 2.15. The molecular formula is C6H12N6O3. The van der Waals surface area contributed by atoms with E-state index in [1.165, 1.54) is 0 Å². The van der Waals surface area contributed by atoms with Crippen molar-refractivity contribution in [1.82, 2.24) is 10.3 Å². The molecule has 0 saturated carbocycles. The van der Waals surface area contributed by atoms with Gasteiger partial charge in [0.25, 0.3) is 0 Å². The van der Waals surface area contributed by atoms with Crippen LogP contribution in [0.1, 0.15) is 0 Å². The van der Waals surface area contributed by atoms with Crippen LogP contribution < -0.4 is 22.3 Å². The van der Waals surface area contributed by atoms with Gasteiger partial charge >= 0.3 is 0 Å². The van der Waals surface area contributed by atoms with E-state index in [9.17, 15) is 0 Å². The highest BCUT2D eigenvalue weighted by molar-refractivity contribution is 5.59. The van der Waals surface area contributed by atoms with Crippen LogP contribution >= 0.6 is 0 Å². The molecule has 9 heteroatoms. The van der Waals surface area contributed by atoms with Crippen molar-refractivity contribution in [3.05, 3.63) is 11.4 Å². The first kappa shape index (κ1) is 11.2. The third-order valence-corrected chi connectivity index (χ3v) is 1.71. The Balaban J connectivity index is 3.02. The average molecular weight is 216 g/mol. The minimum absolute atomic E-state index is 0.00222. The second-order valence-corrected chi connectivity index (χ2v) is 2.63. The van der Waals surface area contributed by atoms with Gasteiger partial charge in [-0.25, -0.2) is 10.5 Å². The number of hydrogen-bond acceptors (Lipinski definition) is 9. The first-order valence-corrected chi connectivity index (χ1v) is 3.93. The Labute approximate surface area is 84.7 Å². The summed E-state index contributed by atoms with van der Waals surface area (Å²) >= 11 is 0. The minimum atomic E-state index is -0.477. The van der Waals surface area contributed by atoms with E-state index >= 15 is 0 Å². The molecule has 0 atom stereocenters. The van der Waals surface area contributed by atoms with E-state index in [2.05, 4.69) is 14.9 Å². The van der Waals surface area contributed by atoms with Gasteiger partial charge in [-0.2, -0.15) is 0 Å². The molecule has 0 aromatic carbocycles. The van der Waals surface area contributed by atoms with Crippen molar-refractivity contribution in [2.24, 2.45) is 11.6 Å². The maximum absolute atomic E-state index is 9.00. The van der Waals surface area contributed by atoms with E-state index < -0.39 is 13.2 Å². The van der Waals surface area contributed by atoms with Gasteiger partial charge in [0, 0.05) is 0 Å². The van der Waals surface area contributed by atoms with Crippen LogP contribution in [0.5, 0.6) is 0 Å². The molecule has 0 radical (unpaired) electrons. The van der Waals surface area contributed by atoms with E-state index in [1.807, 2.05) is 0 Å². The Morgan fingerprint density at radius 3 is 2.40 bits per heavy atom. The summed E-state index contributed by atoms with van der Waals surface area (Å²) in [6.07, 6.45) is 0. The molecule has 9 nitrogen and oxygen atoms in total. The number of aromatic nitrogens is 2. The first-order chi connectivity index (χ1) is 7.11. The van der Waals surface area contributed by atoms with Crippen molar-refractivity contribution in [2.45, 2.75) is 0 Å². The largest absolute Gasteiger partial charge is 0.399 e. The second kappa shape index (κ2) is 4.59. The molecule has 1 rings (SSSR count). The van der Waals surface area contributed by atoms with Crippen LogP contribution in [0.4, 0.5) is 11.6 Å². The molecule has 0 amide bonds. The summed E-state index contributed by atoms with van der Waals surface area (Å²) in [5.41, 5.74) is 10.9. The molecule has 0 spiro atoms. The van der Waals surface area contributed by atoms with Gasteiger partial charge in [0.1, 0.15) is 0 Å². The van der Waals surface area contributed by atoms with Gasteiger partial charge < -0.3 is 21.7 Å². The lowest BCUT2D eigenvalue weighted by atomic mass is 10.3. The summed E-state index contributed by atoms with van der Waals surface area (Å²) in [5, 5.41) is 25.4. The Morgan fingerprint density at radius 1 is 1.33 bits per heavy atom. The molecule has 0 fully saturated rings. The van der Waals surface area contributed by atoms with Crippen molar-refractivity contribution < 1.29 is 14.8 Å². The number of aliphatic hydroxyl groups excluding tert-OH is 2.